The molecule has 0 aliphatic carbocycles. The van der Waals surface area contributed by atoms with E-state index in [1.54, 1.807) is 25.4 Å². The van der Waals surface area contributed by atoms with Gasteiger partial charge in [0.25, 0.3) is 0 Å². The van der Waals surface area contributed by atoms with E-state index in [-0.39, 0.29) is 5.82 Å². The van der Waals surface area contributed by atoms with Crippen molar-refractivity contribution in [2.75, 3.05) is 19.0 Å². The number of hydrogen-bond donors (Lipinski definition) is 1. The third kappa shape index (κ3) is 3.81. The Kier molecular flexibility index (Phi) is 5.23. The Morgan fingerprint density at radius 2 is 1.83 bits per heavy atom. The van der Waals surface area contributed by atoms with Gasteiger partial charge in [-0.05, 0) is 29.8 Å². The lowest BCUT2D eigenvalue weighted by Gasteiger charge is -2.13. The molecule has 1 aromatic heterocycles. The summed E-state index contributed by atoms with van der Waals surface area (Å²) in [6.07, 6.45) is 1.80. The lowest BCUT2D eigenvalue weighted by molar-refractivity contribution is 0.188. The monoisotopic (exact) mass is 325 g/mol. The minimum Gasteiger partial charge on any atom is -0.383 e. The van der Waals surface area contributed by atoms with Gasteiger partial charge in [0.2, 0.25) is 5.95 Å². The molecule has 24 heavy (non-hydrogen) atoms. The van der Waals surface area contributed by atoms with E-state index in [1.807, 2.05) is 18.2 Å². The van der Waals surface area contributed by atoms with Crippen molar-refractivity contribution >= 4 is 5.95 Å². The summed E-state index contributed by atoms with van der Waals surface area (Å²) in [5.74, 6) is 0.527. The number of halogens is 1. The molecule has 0 aliphatic rings. The van der Waals surface area contributed by atoms with Gasteiger partial charge in [-0.3, -0.25) is 0 Å². The van der Waals surface area contributed by atoms with E-state index < -0.39 is 0 Å². The van der Waals surface area contributed by atoms with E-state index in [0.29, 0.717) is 19.7 Å². The van der Waals surface area contributed by atoms with Crippen molar-refractivity contribution in [2.45, 2.75) is 13.1 Å². The molecule has 0 spiro atoms. The maximum Gasteiger partial charge on any atom is 0.203 e. The van der Waals surface area contributed by atoms with Crippen molar-refractivity contribution in [2.24, 2.45) is 0 Å². The average Bonchev–Trinajstić information content (AvgIpc) is 3.02. The fraction of sp³-hybridized carbons (Fsp3) is 0.211. The van der Waals surface area contributed by atoms with Crippen LogP contribution >= 0.6 is 0 Å². The predicted molar refractivity (Wildman–Crippen MR) is 93.3 cm³/mol. The van der Waals surface area contributed by atoms with Crippen LogP contribution in [0.3, 0.4) is 0 Å². The van der Waals surface area contributed by atoms with Crippen molar-refractivity contribution in [3.63, 3.8) is 0 Å². The highest BCUT2D eigenvalue weighted by Crippen LogP contribution is 2.24. The highest BCUT2D eigenvalue weighted by Gasteiger charge is 2.11. The standard InChI is InChI=1S/C19H20FN3O/c1-24-12-11-23-18(16-7-9-17(20)10-8-16)14-22-19(23)21-13-15-5-3-2-4-6-15/h2-10,14H,11-13H2,1H3,(H,21,22). The summed E-state index contributed by atoms with van der Waals surface area (Å²) < 4.78 is 20.4. The van der Waals surface area contributed by atoms with Crippen LogP contribution in [0.5, 0.6) is 0 Å². The van der Waals surface area contributed by atoms with Crippen molar-refractivity contribution in [1.29, 1.82) is 0 Å². The molecule has 0 saturated heterocycles. The molecule has 2 aromatic carbocycles. The van der Waals surface area contributed by atoms with Crippen molar-refractivity contribution in [1.82, 2.24) is 9.55 Å². The van der Waals surface area contributed by atoms with Gasteiger partial charge in [0.1, 0.15) is 5.82 Å². The van der Waals surface area contributed by atoms with Gasteiger partial charge in [-0.25, -0.2) is 9.37 Å². The first-order valence-electron chi connectivity index (χ1n) is 7.86. The number of benzene rings is 2. The largest absolute Gasteiger partial charge is 0.383 e. The van der Waals surface area contributed by atoms with Crippen LogP contribution < -0.4 is 5.32 Å². The zero-order valence-corrected chi connectivity index (χ0v) is 13.6. The van der Waals surface area contributed by atoms with Gasteiger partial charge in [0.15, 0.2) is 0 Å². The van der Waals surface area contributed by atoms with Gasteiger partial charge < -0.3 is 14.6 Å². The van der Waals surface area contributed by atoms with Crippen molar-refractivity contribution in [3.8, 4) is 11.3 Å². The van der Waals surface area contributed by atoms with Gasteiger partial charge in [0.05, 0.1) is 18.5 Å². The van der Waals surface area contributed by atoms with E-state index in [0.717, 1.165) is 17.2 Å². The van der Waals surface area contributed by atoms with E-state index in [4.69, 9.17) is 4.74 Å². The number of anilines is 1. The van der Waals surface area contributed by atoms with Crippen LogP contribution in [0.15, 0.2) is 60.8 Å². The molecule has 5 heteroatoms. The summed E-state index contributed by atoms with van der Waals surface area (Å²) >= 11 is 0. The minimum absolute atomic E-state index is 0.246. The molecule has 0 unspecified atom stereocenters. The summed E-state index contributed by atoms with van der Waals surface area (Å²) in [5, 5.41) is 3.36. The predicted octanol–water partition coefficient (Wildman–Crippen LogP) is 3.95. The zero-order valence-electron chi connectivity index (χ0n) is 13.6. The molecule has 0 aliphatic heterocycles. The van der Waals surface area contributed by atoms with Crippen LogP contribution in [0.25, 0.3) is 11.3 Å². The van der Waals surface area contributed by atoms with Gasteiger partial charge in [-0.1, -0.05) is 30.3 Å². The van der Waals surface area contributed by atoms with E-state index >= 15 is 0 Å². The average molecular weight is 325 g/mol. The number of methoxy groups -OCH3 is 1. The SMILES string of the molecule is COCCn1c(-c2ccc(F)cc2)cnc1NCc1ccccc1. The first kappa shape index (κ1) is 16.2. The van der Waals surface area contributed by atoms with Crippen LogP contribution in [0, 0.1) is 5.82 Å². The maximum atomic E-state index is 13.2. The smallest absolute Gasteiger partial charge is 0.203 e. The molecule has 0 fully saturated rings. The van der Waals surface area contributed by atoms with Crippen LogP contribution in [-0.4, -0.2) is 23.3 Å². The molecule has 3 rings (SSSR count). The highest BCUT2D eigenvalue weighted by atomic mass is 19.1. The van der Waals surface area contributed by atoms with Crippen LogP contribution in [0.4, 0.5) is 10.3 Å². The third-order valence-electron chi connectivity index (χ3n) is 3.81. The second-order valence-electron chi connectivity index (χ2n) is 5.46. The first-order chi connectivity index (χ1) is 11.8. The summed E-state index contributed by atoms with van der Waals surface area (Å²) in [6, 6.07) is 16.6. The second kappa shape index (κ2) is 7.75. The summed E-state index contributed by atoms with van der Waals surface area (Å²) in [7, 11) is 1.67. The van der Waals surface area contributed by atoms with Gasteiger partial charge in [-0.2, -0.15) is 0 Å². The fourth-order valence-corrected chi connectivity index (χ4v) is 2.55. The fourth-order valence-electron chi connectivity index (χ4n) is 2.55. The molecule has 124 valence electrons. The van der Waals surface area contributed by atoms with Gasteiger partial charge in [-0.15, -0.1) is 0 Å². The lowest BCUT2D eigenvalue weighted by Crippen LogP contribution is -2.11. The summed E-state index contributed by atoms with van der Waals surface area (Å²) in [4.78, 5) is 4.49. The normalized spacial score (nSPS) is 10.8. The Hall–Kier alpha value is -2.66. The van der Waals surface area contributed by atoms with Crippen LogP contribution in [0.1, 0.15) is 5.56 Å². The molecule has 0 radical (unpaired) electrons. The molecule has 0 amide bonds. The van der Waals surface area contributed by atoms with Crippen LogP contribution in [0.2, 0.25) is 0 Å². The molecule has 0 atom stereocenters. The Morgan fingerprint density at radius 1 is 1.08 bits per heavy atom. The summed E-state index contributed by atoms with van der Waals surface area (Å²) in [6.45, 7) is 1.93. The first-order valence-corrected chi connectivity index (χ1v) is 7.86. The Bertz CT molecular complexity index is 769. The topological polar surface area (TPSA) is 39.1 Å². The van der Waals surface area contributed by atoms with Gasteiger partial charge in [0, 0.05) is 25.8 Å². The third-order valence-corrected chi connectivity index (χ3v) is 3.81. The number of rotatable bonds is 7. The van der Waals surface area contributed by atoms with Crippen molar-refractivity contribution in [3.05, 3.63) is 72.2 Å². The van der Waals surface area contributed by atoms with E-state index in [2.05, 4.69) is 27.0 Å². The molecule has 0 saturated carbocycles. The van der Waals surface area contributed by atoms with Gasteiger partial charge >= 0.3 is 0 Å². The van der Waals surface area contributed by atoms with Crippen molar-refractivity contribution < 1.29 is 9.13 Å². The quantitative estimate of drug-likeness (QED) is 0.715. The lowest BCUT2D eigenvalue weighted by atomic mass is 10.1. The molecule has 4 nitrogen and oxygen atoms in total. The number of ether oxygens (including phenoxy) is 1. The molecule has 3 aromatic rings. The number of hydrogen-bond acceptors (Lipinski definition) is 3. The number of nitrogens with one attached hydrogen (secondary N) is 1. The number of imidazole rings is 1. The zero-order chi connectivity index (χ0) is 16.8. The Labute approximate surface area is 140 Å². The van der Waals surface area contributed by atoms with Crippen LogP contribution in [-0.2, 0) is 17.8 Å². The molecular formula is C19H20FN3O. The highest BCUT2D eigenvalue weighted by molar-refractivity contribution is 5.61. The summed E-state index contributed by atoms with van der Waals surface area (Å²) in [5.41, 5.74) is 3.04. The number of aromatic nitrogens is 2. The molecule has 1 heterocycles. The number of nitrogens with zero attached hydrogens (tertiary/aromatic N) is 2. The Balaban J connectivity index is 1.84. The molecular weight excluding hydrogens is 305 g/mol. The minimum atomic E-state index is -0.246. The van der Waals surface area contributed by atoms with E-state index in [9.17, 15) is 4.39 Å². The second-order valence-corrected chi connectivity index (χ2v) is 5.46. The molecule has 0 bridgehead atoms. The molecule has 1 N–H and O–H groups in total. The Morgan fingerprint density at radius 3 is 2.54 bits per heavy atom. The van der Waals surface area contributed by atoms with E-state index in [1.165, 1.54) is 17.7 Å². The maximum absolute atomic E-state index is 13.2.